The Kier molecular flexibility index (Phi) is 5.95. The molecule has 1 aliphatic heterocycles. The van der Waals surface area contributed by atoms with E-state index in [4.69, 9.17) is 0 Å². The van der Waals surface area contributed by atoms with Gasteiger partial charge in [0, 0.05) is 15.3 Å². The van der Waals surface area contributed by atoms with Gasteiger partial charge in [0.2, 0.25) is 5.91 Å². The largest absolute Gasteiger partial charge is 0.416 e. The van der Waals surface area contributed by atoms with Gasteiger partial charge < -0.3 is 4.90 Å². The molecule has 0 aromatic heterocycles. The lowest BCUT2D eigenvalue weighted by Gasteiger charge is -2.26. The fraction of sp³-hybridized carbons (Fsp3) is 0.269. The molecule has 0 bridgehead atoms. The van der Waals surface area contributed by atoms with Crippen LogP contribution in [0.25, 0.3) is 0 Å². The van der Waals surface area contributed by atoms with Crippen LogP contribution in [0.3, 0.4) is 0 Å². The van der Waals surface area contributed by atoms with Gasteiger partial charge in [-0.15, -0.1) is 0 Å². The average Bonchev–Trinajstić information content (AvgIpc) is 3.35. The van der Waals surface area contributed by atoms with Crippen molar-refractivity contribution in [1.82, 2.24) is 5.32 Å². The van der Waals surface area contributed by atoms with Crippen molar-refractivity contribution in [3.05, 3.63) is 98.6 Å². The lowest BCUT2D eigenvalue weighted by molar-refractivity contribution is -0.137. The second-order valence-corrected chi connectivity index (χ2v) is 9.81. The second-order valence-electron chi connectivity index (χ2n) is 8.57. The molecule has 0 saturated carbocycles. The van der Waals surface area contributed by atoms with Gasteiger partial charge >= 0.3 is 6.18 Å². The number of aryl methyl sites for hydroxylation is 1. The zero-order valence-corrected chi connectivity index (χ0v) is 19.8. The van der Waals surface area contributed by atoms with Crippen molar-refractivity contribution >= 4 is 34.2 Å². The fourth-order valence-corrected chi connectivity index (χ4v) is 5.55. The number of rotatable bonds is 4. The molecule has 3 aromatic rings. The standard InChI is InChI=1S/C26H22F3IN2O/c27-26(28,29)18-9-11-20(12-10-18)32-24(17-5-3-6-19(30)14-17)15-23(25(32)33)31-22-13-8-16-4-1-2-7-21(16)22/h1-7,9-12,14,22-24,31H,8,13,15H2/t22-,23+,24-/m1/s1. The van der Waals surface area contributed by atoms with Gasteiger partial charge in [0.15, 0.2) is 0 Å². The first-order chi connectivity index (χ1) is 15.8. The fourth-order valence-electron chi connectivity index (χ4n) is 4.98. The summed E-state index contributed by atoms with van der Waals surface area (Å²) in [6.07, 6.45) is -1.96. The van der Waals surface area contributed by atoms with Crippen molar-refractivity contribution in [2.24, 2.45) is 0 Å². The van der Waals surface area contributed by atoms with Crippen LogP contribution in [0.2, 0.25) is 0 Å². The molecule has 0 radical (unpaired) electrons. The van der Waals surface area contributed by atoms with Crippen LogP contribution in [-0.4, -0.2) is 11.9 Å². The lowest BCUT2D eigenvalue weighted by atomic mass is 10.0. The van der Waals surface area contributed by atoms with Crippen LogP contribution < -0.4 is 10.2 Å². The van der Waals surface area contributed by atoms with Crippen LogP contribution >= 0.6 is 22.6 Å². The number of carbonyl (C=O) groups excluding carboxylic acids is 1. The molecular weight excluding hydrogens is 540 g/mol. The van der Waals surface area contributed by atoms with E-state index in [0.29, 0.717) is 12.1 Å². The summed E-state index contributed by atoms with van der Waals surface area (Å²) < 4.78 is 40.3. The smallest absolute Gasteiger partial charge is 0.304 e. The molecule has 0 unspecified atom stereocenters. The number of alkyl halides is 3. The highest BCUT2D eigenvalue weighted by Gasteiger charge is 2.43. The van der Waals surface area contributed by atoms with Gasteiger partial charge in [0.05, 0.1) is 17.6 Å². The highest BCUT2D eigenvalue weighted by atomic mass is 127. The Morgan fingerprint density at radius 2 is 1.70 bits per heavy atom. The maximum absolute atomic E-state index is 13.6. The number of amides is 1. The lowest BCUT2D eigenvalue weighted by Crippen LogP contribution is -2.40. The maximum atomic E-state index is 13.6. The monoisotopic (exact) mass is 562 g/mol. The van der Waals surface area contributed by atoms with E-state index >= 15 is 0 Å². The number of halogens is 4. The Bertz CT molecular complexity index is 1180. The van der Waals surface area contributed by atoms with E-state index in [1.54, 1.807) is 4.90 Å². The number of carbonyl (C=O) groups is 1. The normalized spacial score (nSPS) is 22.6. The number of benzene rings is 3. The van der Waals surface area contributed by atoms with Crippen molar-refractivity contribution in [2.45, 2.75) is 43.6 Å². The average molecular weight is 562 g/mol. The quantitative estimate of drug-likeness (QED) is 0.372. The zero-order valence-electron chi connectivity index (χ0n) is 17.6. The van der Waals surface area contributed by atoms with Crippen molar-refractivity contribution in [3.63, 3.8) is 0 Å². The van der Waals surface area contributed by atoms with Gasteiger partial charge in [-0.3, -0.25) is 10.1 Å². The molecule has 1 saturated heterocycles. The molecule has 3 nitrogen and oxygen atoms in total. The summed E-state index contributed by atoms with van der Waals surface area (Å²) in [6.45, 7) is 0. The van der Waals surface area contributed by atoms with Crippen LogP contribution in [-0.2, 0) is 17.4 Å². The van der Waals surface area contributed by atoms with Crippen molar-refractivity contribution < 1.29 is 18.0 Å². The number of hydrogen-bond acceptors (Lipinski definition) is 2. The van der Waals surface area contributed by atoms with E-state index in [1.165, 1.54) is 23.3 Å². The third-order valence-electron chi connectivity index (χ3n) is 6.55. The molecule has 2 aliphatic rings. The second kappa shape index (κ2) is 8.76. The van der Waals surface area contributed by atoms with E-state index in [0.717, 1.165) is 34.1 Å². The van der Waals surface area contributed by atoms with Crippen molar-refractivity contribution in [1.29, 1.82) is 0 Å². The number of nitrogens with zero attached hydrogens (tertiary/aromatic N) is 1. The summed E-state index contributed by atoms with van der Waals surface area (Å²) in [6, 6.07) is 20.5. The third kappa shape index (κ3) is 4.40. The predicted molar refractivity (Wildman–Crippen MR) is 130 cm³/mol. The number of hydrogen-bond donors (Lipinski definition) is 1. The molecule has 170 valence electrons. The molecule has 0 spiro atoms. The number of nitrogens with one attached hydrogen (secondary N) is 1. The topological polar surface area (TPSA) is 32.3 Å². The summed E-state index contributed by atoms with van der Waals surface area (Å²) in [7, 11) is 0. The van der Waals surface area contributed by atoms with E-state index in [1.807, 2.05) is 36.4 Å². The van der Waals surface area contributed by atoms with Crippen molar-refractivity contribution in [3.8, 4) is 0 Å². The molecule has 5 rings (SSSR count). The van der Waals surface area contributed by atoms with Crippen LogP contribution in [0.1, 0.15) is 47.2 Å². The molecule has 1 N–H and O–H groups in total. The predicted octanol–water partition coefficient (Wildman–Crippen LogP) is 6.43. The minimum Gasteiger partial charge on any atom is -0.304 e. The summed E-state index contributed by atoms with van der Waals surface area (Å²) in [5.41, 5.74) is 3.26. The number of anilines is 1. The Balaban J connectivity index is 1.47. The van der Waals surface area contributed by atoms with Crippen LogP contribution in [0.5, 0.6) is 0 Å². The Morgan fingerprint density at radius 1 is 0.939 bits per heavy atom. The van der Waals surface area contributed by atoms with Gasteiger partial charge in [-0.25, -0.2) is 0 Å². The Morgan fingerprint density at radius 3 is 2.42 bits per heavy atom. The molecule has 3 atom stereocenters. The van der Waals surface area contributed by atoms with Crippen LogP contribution in [0.4, 0.5) is 18.9 Å². The molecule has 7 heteroatoms. The highest BCUT2D eigenvalue weighted by Crippen LogP contribution is 2.41. The molecule has 1 heterocycles. The SMILES string of the molecule is O=C1[C@@H](N[C@@H]2CCc3ccccc32)C[C@H](c2cccc(I)c2)N1c1ccc(C(F)(F)F)cc1. The summed E-state index contributed by atoms with van der Waals surface area (Å²) in [5, 5.41) is 3.56. The van der Waals surface area contributed by atoms with Crippen LogP contribution in [0.15, 0.2) is 72.8 Å². The van der Waals surface area contributed by atoms with Gasteiger partial charge in [0.1, 0.15) is 0 Å². The molecule has 1 aliphatic carbocycles. The van der Waals surface area contributed by atoms with E-state index in [-0.39, 0.29) is 18.0 Å². The molecule has 1 fully saturated rings. The van der Waals surface area contributed by atoms with Gasteiger partial charge in [-0.05, 0) is 94.9 Å². The Hall–Kier alpha value is -2.39. The van der Waals surface area contributed by atoms with E-state index in [2.05, 4.69) is 40.0 Å². The molecule has 33 heavy (non-hydrogen) atoms. The minimum atomic E-state index is -4.41. The highest BCUT2D eigenvalue weighted by molar-refractivity contribution is 14.1. The molecule has 3 aromatic carbocycles. The minimum absolute atomic E-state index is 0.0965. The summed E-state index contributed by atoms with van der Waals surface area (Å²) >= 11 is 2.23. The summed E-state index contributed by atoms with van der Waals surface area (Å²) in [5.74, 6) is -0.108. The zero-order chi connectivity index (χ0) is 23.2. The third-order valence-corrected chi connectivity index (χ3v) is 7.22. The van der Waals surface area contributed by atoms with Gasteiger partial charge in [0.25, 0.3) is 0 Å². The van der Waals surface area contributed by atoms with Crippen LogP contribution in [0, 0.1) is 3.57 Å². The first-order valence-electron chi connectivity index (χ1n) is 10.9. The van der Waals surface area contributed by atoms with Gasteiger partial charge in [-0.2, -0.15) is 13.2 Å². The first kappa shape index (κ1) is 22.4. The number of fused-ring (bicyclic) bond motifs is 1. The van der Waals surface area contributed by atoms with Crippen molar-refractivity contribution in [2.75, 3.05) is 4.90 Å². The Labute approximate surface area is 204 Å². The van der Waals surface area contributed by atoms with E-state index < -0.39 is 17.8 Å². The maximum Gasteiger partial charge on any atom is 0.416 e. The molecular formula is C26H22F3IN2O. The molecule has 1 amide bonds. The van der Waals surface area contributed by atoms with Gasteiger partial charge in [-0.1, -0.05) is 36.4 Å². The summed E-state index contributed by atoms with van der Waals surface area (Å²) in [4.78, 5) is 15.3. The first-order valence-corrected chi connectivity index (χ1v) is 12.0. The van der Waals surface area contributed by atoms with E-state index in [9.17, 15) is 18.0 Å².